The van der Waals surface area contributed by atoms with Crippen molar-refractivity contribution in [1.29, 1.82) is 0 Å². The third kappa shape index (κ3) is 6.32. The van der Waals surface area contributed by atoms with Gasteiger partial charge in [-0.3, -0.25) is 0 Å². The smallest absolute Gasteiger partial charge is 0.166 e. The number of hydrogen-bond acceptors (Lipinski definition) is 4. The molecule has 0 aliphatic rings. The highest BCUT2D eigenvalue weighted by Crippen LogP contribution is 2.21. The molecule has 0 saturated heterocycles. The summed E-state index contributed by atoms with van der Waals surface area (Å²) in [7, 11) is -2.94. The van der Waals surface area contributed by atoms with E-state index in [0.717, 1.165) is 0 Å². The van der Waals surface area contributed by atoms with Gasteiger partial charge in [-0.25, -0.2) is 12.8 Å². The van der Waals surface area contributed by atoms with Crippen LogP contribution in [0.3, 0.4) is 0 Å². The minimum Gasteiger partial charge on any atom is -0.489 e. The number of hydrogen-bond donors (Lipinski definition) is 1. The molecular formula is C11H15BrFNO3S. The van der Waals surface area contributed by atoms with Crippen molar-refractivity contribution in [1.82, 2.24) is 5.32 Å². The predicted molar refractivity (Wildman–Crippen MR) is 72.2 cm³/mol. The largest absolute Gasteiger partial charge is 0.489 e. The van der Waals surface area contributed by atoms with Gasteiger partial charge < -0.3 is 10.1 Å². The van der Waals surface area contributed by atoms with E-state index in [4.69, 9.17) is 4.74 Å². The van der Waals surface area contributed by atoms with Gasteiger partial charge in [0.15, 0.2) is 11.6 Å². The summed E-state index contributed by atoms with van der Waals surface area (Å²) in [6, 6.07) is 4.55. The molecule has 0 atom stereocenters. The van der Waals surface area contributed by atoms with E-state index in [1.165, 1.54) is 18.4 Å². The van der Waals surface area contributed by atoms with Crippen molar-refractivity contribution < 1.29 is 17.5 Å². The van der Waals surface area contributed by atoms with Crippen LogP contribution in [0.5, 0.6) is 5.75 Å². The molecule has 0 heterocycles. The van der Waals surface area contributed by atoms with Gasteiger partial charge in [-0.15, -0.1) is 0 Å². The van der Waals surface area contributed by atoms with E-state index >= 15 is 0 Å². The van der Waals surface area contributed by atoms with Gasteiger partial charge in [-0.2, -0.15) is 0 Å². The Kier molecular flexibility index (Phi) is 6.04. The summed E-state index contributed by atoms with van der Waals surface area (Å²) in [5.74, 6) is -0.164. The standard InChI is InChI=1S/C11H15BrFNO3S/c1-18(15,16)7-5-14-4-6-17-11-3-2-9(12)8-10(11)13/h2-3,8,14H,4-7H2,1H3. The average Bonchev–Trinajstić information content (AvgIpc) is 2.24. The highest BCUT2D eigenvalue weighted by molar-refractivity contribution is 9.10. The predicted octanol–water partition coefficient (Wildman–Crippen LogP) is 1.60. The van der Waals surface area contributed by atoms with Gasteiger partial charge in [-0.05, 0) is 18.2 Å². The van der Waals surface area contributed by atoms with E-state index in [2.05, 4.69) is 21.2 Å². The van der Waals surface area contributed by atoms with Crippen LogP contribution in [0.25, 0.3) is 0 Å². The van der Waals surface area contributed by atoms with E-state index < -0.39 is 15.7 Å². The maximum Gasteiger partial charge on any atom is 0.166 e. The molecule has 0 aliphatic heterocycles. The SMILES string of the molecule is CS(=O)(=O)CCNCCOc1ccc(Br)cc1F. The van der Waals surface area contributed by atoms with Crippen molar-refractivity contribution >= 4 is 25.8 Å². The topological polar surface area (TPSA) is 55.4 Å². The summed E-state index contributed by atoms with van der Waals surface area (Å²) in [4.78, 5) is 0. The minimum absolute atomic E-state index is 0.0830. The molecule has 0 saturated carbocycles. The van der Waals surface area contributed by atoms with E-state index in [-0.39, 0.29) is 18.1 Å². The van der Waals surface area contributed by atoms with Gasteiger partial charge in [0.25, 0.3) is 0 Å². The van der Waals surface area contributed by atoms with Crippen LogP contribution in [-0.2, 0) is 9.84 Å². The fourth-order valence-corrected chi connectivity index (χ4v) is 2.06. The lowest BCUT2D eigenvalue weighted by atomic mass is 10.3. The molecule has 0 aromatic heterocycles. The molecule has 0 amide bonds. The van der Waals surface area contributed by atoms with Crippen LogP contribution in [0.4, 0.5) is 4.39 Å². The molecule has 0 unspecified atom stereocenters. The van der Waals surface area contributed by atoms with E-state index in [1.807, 2.05) is 0 Å². The molecule has 0 aliphatic carbocycles. The van der Waals surface area contributed by atoms with Gasteiger partial charge in [0, 0.05) is 23.8 Å². The lowest BCUT2D eigenvalue weighted by Crippen LogP contribution is -2.26. The first-order chi connectivity index (χ1) is 8.38. The van der Waals surface area contributed by atoms with E-state index in [9.17, 15) is 12.8 Å². The van der Waals surface area contributed by atoms with Crippen molar-refractivity contribution in [3.8, 4) is 5.75 Å². The Bertz CT molecular complexity index is 493. The molecule has 102 valence electrons. The average molecular weight is 340 g/mol. The lowest BCUT2D eigenvalue weighted by molar-refractivity contribution is 0.300. The number of sulfone groups is 1. The maximum atomic E-state index is 13.3. The van der Waals surface area contributed by atoms with Crippen LogP contribution in [0.2, 0.25) is 0 Å². The van der Waals surface area contributed by atoms with Crippen LogP contribution in [0, 0.1) is 5.82 Å². The summed E-state index contributed by atoms with van der Waals surface area (Å²) in [5, 5.41) is 2.91. The lowest BCUT2D eigenvalue weighted by Gasteiger charge is -2.08. The zero-order valence-corrected chi connectivity index (χ0v) is 12.4. The van der Waals surface area contributed by atoms with Gasteiger partial charge >= 0.3 is 0 Å². The molecule has 1 aromatic rings. The summed E-state index contributed by atoms with van der Waals surface area (Å²) in [6.07, 6.45) is 1.18. The van der Waals surface area contributed by atoms with Gasteiger partial charge in [0.05, 0.1) is 5.75 Å². The Balaban J connectivity index is 2.22. The summed E-state index contributed by atoms with van der Waals surface area (Å²) in [6.45, 7) is 1.11. The molecule has 1 aromatic carbocycles. The fraction of sp³-hybridized carbons (Fsp3) is 0.455. The second kappa shape index (κ2) is 7.06. The Morgan fingerprint density at radius 3 is 2.72 bits per heavy atom. The zero-order chi connectivity index (χ0) is 13.6. The first-order valence-corrected chi connectivity index (χ1v) is 8.20. The highest BCUT2D eigenvalue weighted by atomic mass is 79.9. The minimum atomic E-state index is -2.94. The molecule has 0 bridgehead atoms. The Hall–Kier alpha value is -0.660. The van der Waals surface area contributed by atoms with Crippen molar-refractivity contribution in [3.63, 3.8) is 0 Å². The van der Waals surface area contributed by atoms with E-state index in [0.29, 0.717) is 17.6 Å². The van der Waals surface area contributed by atoms with Crippen LogP contribution in [0.15, 0.2) is 22.7 Å². The molecule has 0 spiro atoms. The van der Waals surface area contributed by atoms with Crippen LogP contribution in [0.1, 0.15) is 0 Å². The molecule has 1 rings (SSSR count). The molecule has 1 N–H and O–H groups in total. The molecular weight excluding hydrogens is 325 g/mol. The fourth-order valence-electron chi connectivity index (χ4n) is 1.21. The Labute approximate surface area is 115 Å². The summed E-state index contributed by atoms with van der Waals surface area (Å²) in [5.41, 5.74) is 0. The van der Waals surface area contributed by atoms with Gasteiger partial charge in [0.2, 0.25) is 0 Å². The number of rotatable bonds is 7. The third-order valence-corrected chi connectivity index (χ3v) is 3.52. The molecule has 7 heteroatoms. The highest BCUT2D eigenvalue weighted by Gasteiger charge is 2.04. The summed E-state index contributed by atoms with van der Waals surface area (Å²) < 4.78 is 40.9. The third-order valence-electron chi connectivity index (χ3n) is 2.08. The quantitative estimate of drug-likeness (QED) is 0.766. The Morgan fingerprint density at radius 1 is 1.39 bits per heavy atom. The van der Waals surface area contributed by atoms with Gasteiger partial charge in [-0.1, -0.05) is 15.9 Å². The van der Waals surface area contributed by atoms with Crippen molar-refractivity contribution in [2.24, 2.45) is 0 Å². The summed E-state index contributed by atoms with van der Waals surface area (Å²) >= 11 is 3.15. The first-order valence-electron chi connectivity index (χ1n) is 5.35. The molecule has 0 radical (unpaired) electrons. The Morgan fingerprint density at radius 2 is 2.11 bits per heavy atom. The molecule has 4 nitrogen and oxygen atoms in total. The van der Waals surface area contributed by atoms with Gasteiger partial charge in [0.1, 0.15) is 16.4 Å². The first kappa shape index (κ1) is 15.4. The van der Waals surface area contributed by atoms with Crippen LogP contribution in [-0.4, -0.2) is 40.1 Å². The van der Waals surface area contributed by atoms with Crippen LogP contribution < -0.4 is 10.1 Å². The monoisotopic (exact) mass is 339 g/mol. The second-order valence-electron chi connectivity index (χ2n) is 3.80. The normalized spacial score (nSPS) is 11.5. The van der Waals surface area contributed by atoms with Crippen molar-refractivity contribution in [3.05, 3.63) is 28.5 Å². The molecule has 0 fully saturated rings. The number of nitrogens with one attached hydrogen (secondary N) is 1. The molecule has 18 heavy (non-hydrogen) atoms. The second-order valence-corrected chi connectivity index (χ2v) is 6.98. The zero-order valence-electron chi connectivity index (χ0n) is 9.95. The van der Waals surface area contributed by atoms with Crippen molar-refractivity contribution in [2.75, 3.05) is 31.7 Å². The van der Waals surface area contributed by atoms with Crippen molar-refractivity contribution in [2.45, 2.75) is 0 Å². The van der Waals surface area contributed by atoms with Crippen LogP contribution >= 0.6 is 15.9 Å². The van der Waals surface area contributed by atoms with E-state index in [1.54, 1.807) is 6.07 Å². The number of benzene rings is 1. The number of halogens is 2. The number of ether oxygens (including phenoxy) is 1. The maximum absolute atomic E-state index is 13.3.